The topological polar surface area (TPSA) is 101 Å². The molecule has 0 unspecified atom stereocenters. The van der Waals surface area contributed by atoms with E-state index in [1.165, 1.54) is 28.8 Å². The number of rotatable bonds is 7. The molecule has 1 aliphatic rings. The highest BCUT2D eigenvalue weighted by molar-refractivity contribution is 8.26. The number of carboxylic acid groups (broad SMARTS) is 1. The summed E-state index contributed by atoms with van der Waals surface area (Å²) in [4.78, 5) is 24.7. The van der Waals surface area contributed by atoms with Crippen LogP contribution in [0.5, 0.6) is 11.5 Å². The zero-order chi connectivity index (χ0) is 17.7. The van der Waals surface area contributed by atoms with E-state index in [9.17, 15) is 24.9 Å². The van der Waals surface area contributed by atoms with Crippen molar-refractivity contribution in [3.05, 3.63) is 28.7 Å². The van der Waals surface area contributed by atoms with E-state index >= 15 is 0 Å². The number of thiocarbonyl (C=S) groups is 1. The fourth-order valence-corrected chi connectivity index (χ4v) is 3.50. The summed E-state index contributed by atoms with van der Waals surface area (Å²) in [6.07, 6.45) is 3.47. The second-order valence-corrected chi connectivity index (χ2v) is 6.94. The molecule has 1 saturated heterocycles. The van der Waals surface area contributed by atoms with Crippen molar-refractivity contribution < 1.29 is 24.9 Å². The summed E-state index contributed by atoms with van der Waals surface area (Å²) in [6, 6.07) is 4.29. The van der Waals surface area contributed by atoms with E-state index in [2.05, 4.69) is 0 Å². The Morgan fingerprint density at radius 2 is 2.00 bits per heavy atom. The molecule has 1 amide bonds. The van der Waals surface area contributed by atoms with E-state index < -0.39 is 5.97 Å². The summed E-state index contributed by atoms with van der Waals surface area (Å²) < 4.78 is 0.453. The van der Waals surface area contributed by atoms with Gasteiger partial charge in [-0.1, -0.05) is 36.5 Å². The number of benzene rings is 1. The molecule has 2 N–H and O–H groups in total. The lowest BCUT2D eigenvalue weighted by Crippen LogP contribution is -2.29. The molecule has 1 heterocycles. The van der Waals surface area contributed by atoms with E-state index in [1.807, 2.05) is 0 Å². The lowest BCUT2D eigenvalue weighted by molar-refractivity contribution is -0.305. The van der Waals surface area contributed by atoms with Crippen molar-refractivity contribution >= 4 is 46.3 Å². The molecule has 0 saturated carbocycles. The van der Waals surface area contributed by atoms with Crippen LogP contribution in [0.1, 0.15) is 31.2 Å². The molecule has 0 radical (unpaired) electrons. The third-order valence-corrected chi connectivity index (χ3v) is 4.81. The number of unbranched alkanes of at least 4 members (excludes halogenated alkanes) is 2. The number of carbonyl (C=O) groups is 2. The maximum atomic E-state index is 12.4. The molecular formula is C16H16NO5S2-. The molecule has 0 aliphatic carbocycles. The minimum atomic E-state index is -1.07. The van der Waals surface area contributed by atoms with E-state index in [4.69, 9.17) is 12.2 Å². The number of aromatic hydroxyl groups is 2. The van der Waals surface area contributed by atoms with Crippen molar-refractivity contribution in [3.63, 3.8) is 0 Å². The first kappa shape index (κ1) is 18.3. The zero-order valence-corrected chi connectivity index (χ0v) is 14.4. The summed E-state index contributed by atoms with van der Waals surface area (Å²) in [7, 11) is 0. The van der Waals surface area contributed by atoms with Crippen molar-refractivity contribution in [3.8, 4) is 11.5 Å². The summed E-state index contributed by atoms with van der Waals surface area (Å²) in [5.41, 5.74) is 0.583. The van der Waals surface area contributed by atoms with Crippen molar-refractivity contribution in [1.82, 2.24) is 4.90 Å². The summed E-state index contributed by atoms with van der Waals surface area (Å²) >= 11 is 6.39. The second kappa shape index (κ2) is 8.16. The minimum Gasteiger partial charge on any atom is -0.550 e. The van der Waals surface area contributed by atoms with Gasteiger partial charge in [-0.3, -0.25) is 9.69 Å². The Labute approximate surface area is 148 Å². The van der Waals surface area contributed by atoms with Crippen molar-refractivity contribution in [2.75, 3.05) is 6.54 Å². The van der Waals surface area contributed by atoms with Gasteiger partial charge in [-0.05, 0) is 43.0 Å². The predicted octanol–water partition coefficient (Wildman–Crippen LogP) is 1.61. The van der Waals surface area contributed by atoms with E-state index in [0.717, 1.165) is 0 Å². The number of carboxylic acids is 1. The first-order valence-electron chi connectivity index (χ1n) is 7.35. The number of amides is 1. The van der Waals surface area contributed by atoms with Crippen LogP contribution in [0.4, 0.5) is 0 Å². The number of hydrogen-bond acceptors (Lipinski definition) is 7. The van der Waals surface area contributed by atoms with Gasteiger partial charge in [-0.25, -0.2) is 0 Å². The zero-order valence-electron chi connectivity index (χ0n) is 12.7. The highest BCUT2D eigenvalue weighted by Gasteiger charge is 2.31. The minimum absolute atomic E-state index is 0.0165. The number of hydrogen-bond donors (Lipinski definition) is 2. The maximum absolute atomic E-state index is 12.4. The number of phenolic OH excluding ortho intramolecular Hbond substituents is 2. The fraction of sp³-hybridized carbons (Fsp3) is 0.312. The van der Waals surface area contributed by atoms with Gasteiger partial charge >= 0.3 is 0 Å². The Bertz CT molecular complexity index is 702. The fourth-order valence-electron chi connectivity index (χ4n) is 2.19. The average molecular weight is 366 g/mol. The number of nitrogens with zero attached hydrogens (tertiary/aromatic N) is 1. The predicted molar refractivity (Wildman–Crippen MR) is 93.1 cm³/mol. The molecule has 1 aliphatic heterocycles. The van der Waals surface area contributed by atoms with Crippen LogP contribution >= 0.6 is 24.0 Å². The molecule has 1 fully saturated rings. The van der Waals surface area contributed by atoms with E-state index in [-0.39, 0.29) is 23.8 Å². The van der Waals surface area contributed by atoms with Gasteiger partial charge in [0.2, 0.25) is 0 Å². The Balaban J connectivity index is 1.96. The van der Waals surface area contributed by atoms with Crippen molar-refractivity contribution in [1.29, 1.82) is 0 Å². The number of carbonyl (C=O) groups excluding carboxylic acids is 2. The van der Waals surface area contributed by atoms with Crippen LogP contribution in [0.3, 0.4) is 0 Å². The number of thioether (sulfide) groups is 1. The summed E-state index contributed by atoms with van der Waals surface area (Å²) in [6.45, 7) is 0.440. The molecule has 8 heteroatoms. The van der Waals surface area contributed by atoms with Gasteiger partial charge in [0, 0.05) is 12.5 Å². The van der Waals surface area contributed by atoms with Crippen molar-refractivity contribution in [2.45, 2.75) is 25.7 Å². The van der Waals surface area contributed by atoms with Crippen LogP contribution in [-0.4, -0.2) is 37.9 Å². The van der Waals surface area contributed by atoms with Crippen LogP contribution in [0.15, 0.2) is 23.1 Å². The third-order valence-electron chi connectivity index (χ3n) is 3.43. The molecule has 0 aromatic heterocycles. The smallest absolute Gasteiger partial charge is 0.266 e. The average Bonchev–Trinajstić information content (AvgIpc) is 2.77. The van der Waals surface area contributed by atoms with E-state index in [0.29, 0.717) is 40.6 Å². The standard InChI is InChI=1S/C16H17NO5S2/c18-11-6-5-10(8-12(11)19)9-13-15(22)17(16(23)24-13)7-3-1-2-4-14(20)21/h5-6,8-9,18-19H,1-4,7H2,(H,20,21)/p-1. The van der Waals surface area contributed by atoms with Crippen LogP contribution in [0.25, 0.3) is 6.08 Å². The Morgan fingerprint density at radius 1 is 1.25 bits per heavy atom. The molecule has 128 valence electrons. The van der Waals surface area contributed by atoms with Crippen molar-refractivity contribution in [2.24, 2.45) is 0 Å². The van der Waals surface area contributed by atoms with Gasteiger partial charge in [0.05, 0.1) is 4.91 Å². The lowest BCUT2D eigenvalue weighted by Gasteiger charge is -2.14. The first-order chi connectivity index (χ1) is 11.4. The Hall–Kier alpha value is -2.06. The molecule has 0 spiro atoms. The largest absolute Gasteiger partial charge is 0.550 e. The Kier molecular flexibility index (Phi) is 6.22. The van der Waals surface area contributed by atoms with E-state index in [1.54, 1.807) is 12.1 Å². The van der Waals surface area contributed by atoms with Gasteiger partial charge in [0.1, 0.15) is 4.32 Å². The highest BCUT2D eigenvalue weighted by atomic mass is 32.2. The first-order valence-corrected chi connectivity index (χ1v) is 8.58. The van der Waals surface area contributed by atoms with Gasteiger partial charge in [-0.15, -0.1) is 0 Å². The van der Waals surface area contributed by atoms with Gasteiger partial charge in [0.25, 0.3) is 5.91 Å². The third kappa shape index (κ3) is 4.72. The second-order valence-electron chi connectivity index (χ2n) is 5.26. The lowest BCUT2D eigenvalue weighted by atomic mass is 10.1. The number of phenols is 2. The van der Waals surface area contributed by atoms with Gasteiger partial charge in [0.15, 0.2) is 11.5 Å². The summed E-state index contributed by atoms with van der Waals surface area (Å²) in [5, 5.41) is 29.1. The van der Waals surface area contributed by atoms with Gasteiger partial charge < -0.3 is 20.1 Å². The molecule has 0 bridgehead atoms. The molecule has 1 aromatic rings. The number of aliphatic carboxylic acids is 1. The summed E-state index contributed by atoms with van der Waals surface area (Å²) in [5.74, 6) is -1.76. The van der Waals surface area contributed by atoms with Crippen LogP contribution < -0.4 is 5.11 Å². The van der Waals surface area contributed by atoms with Crippen LogP contribution in [0.2, 0.25) is 0 Å². The molecule has 2 rings (SSSR count). The molecular weight excluding hydrogens is 350 g/mol. The van der Waals surface area contributed by atoms with Crippen LogP contribution in [-0.2, 0) is 9.59 Å². The Morgan fingerprint density at radius 3 is 2.67 bits per heavy atom. The monoisotopic (exact) mass is 366 g/mol. The van der Waals surface area contributed by atoms with Crippen LogP contribution in [0, 0.1) is 0 Å². The quantitative estimate of drug-likeness (QED) is 0.327. The molecule has 0 atom stereocenters. The normalized spacial score (nSPS) is 16.2. The molecule has 24 heavy (non-hydrogen) atoms. The molecule has 1 aromatic carbocycles. The van der Waals surface area contributed by atoms with Gasteiger partial charge in [-0.2, -0.15) is 0 Å². The molecule has 6 nitrogen and oxygen atoms in total. The highest BCUT2D eigenvalue weighted by Crippen LogP contribution is 2.34. The SMILES string of the molecule is O=C([O-])CCCCCN1C(=O)C(=Cc2ccc(O)c(O)c2)SC1=S. The maximum Gasteiger partial charge on any atom is 0.266 e.